The normalized spacial score (nSPS) is 10.7. The number of nitrogens with zero attached hydrogens (tertiary/aromatic N) is 5. The monoisotopic (exact) mass is 393 g/mol. The van der Waals surface area contributed by atoms with Gasteiger partial charge in [0.05, 0.1) is 11.4 Å². The van der Waals surface area contributed by atoms with E-state index in [4.69, 9.17) is 0 Å². The van der Waals surface area contributed by atoms with Gasteiger partial charge >= 0.3 is 11.7 Å². The summed E-state index contributed by atoms with van der Waals surface area (Å²) in [5.41, 5.74) is -0.858. The fraction of sp³-hybridized carbons (Fsp3) is 0. The third-order valence-corrected chi connectivity index (χ3v) is 4.13. The summed E-state index contributed by atoms with van der Waals surface area (Å²) in [6, 6.07) is 19.4. The molecule has 144 valence electrons. The van der Waals surface area contributed by atoms with Crippen molar-refractivity contribution in [1.29, 1.82) is 0 Å². The maximum atomic E-state index is 14.0. The van der Waals surface area contributed by atoms with Gasteiger partial charge in [-0.05, 0) is 46.8 Å². The molecule has 0 aliphatic carbocycles. The number of amides is 1. The molecule has 7 nitrogen and oxygen atoms in total. The van der Waals surface area contributed by atoms with E-state index in [2.05, 4.69) is 10.4 Å². The van der Waals surface area contributed by atoms with Crippen molar-refractivity contribution in [2.45, 2.75) is 0 Å². The highest BCUT2D eigenvalue weighted by Crippen LogP contribution is 2.25. The zero-order valence-corrected chi connectivity index (χ0v) is 14.8. The van der Waals surface area contributed by atoms with Crippen LogP contribution in [0.1, 0.15) is 0 Å². The molecule has 0 N–H and O–H groups in total. The summed E-state index contributed by atoms with van der Waals surface area (Å²) < 4.78 is 28.9. The van der Waals surface area contributed by atoms with Crippen LogP contribution < -0.4 is 10.6 Å². The van der Waals surface area contributed by atoms with E-state index in [9.17, 15) is 18.4 Å². The van der Waals surface area contributed by atoms with Crippen molar-refractivity contribution in [2.24, 2.45) is 0 Å². The van der Waals surface area contributed by atoms with Gasteiger partial charge < -0.3 is 0 Å². The molecule has 0 spiro atoms. The van der Waals surface area contributed by atoms with Gasteiger partial charge in [-0.3, -0.25) is 4.90 Å². The first-order chi connectivity index (χ1) is 14.1. The van der Waals surface area contributed by atoms with Gasteiger partial charge in [-0.2, -0.15) is 4.68 Å². The van der Waals surface area contributed by atoms with Crippen molar-refractivity contribution < 1.29 is 13.6 Å². The van der Waals surface area contributed by atoms with Gasteiger partial charge in [-0.15, -0.1) is 4.68 Å². The van der Waals surface area contributed by atoms with Crippen LogP contribution in [0.4, 0.5) is 25.0 Å². The molecule has 29 heavy (non-hydrogen) atoms. The van der Waals surface area contributed by atoms with E-state index in [-0.39, 0.29) is 0 Å². The Morgan fingerprint density at radius 1 is 0.759 bits per heavy atom. The number of rotatable bonds is 3. The van der Waals surface area contributed by atoms with Gasteiger partial charge in [0.2, 0.25) is 0 Å². The minimum absolute atomic E-state index is 0.413. The molecule has 1 amide bonds. The standard InChI is InChI=1S/C20H13F2N5O2/c21-16-12-7-13-17(22)18(16)26-20(29)27(24-23-26)19(28)25(14-8-3-1-4-9-14)15-10-5-2-6-11-15/h1-13H. The smallest absolute Gasteiger partial charge is 0.261 e. The molecule has 3 aromatic carbocycles. The molecule has 1 aromatic heterocycles. The topological polar surface area (TPSA) is 73.0 Å². The molecule has 9 heteroatoms. The number of aromatic nitrogens is 4. The quantitative estimate of drug-likeness (QED) is 0.500. The zero-order valence-electron chi connectivity index (χ0n) is 14.8. The van der Waals surface area contributed by atoms with Crippen molar-refractivity contribution in [2.75, 3.05) is 4.90 Å². The Balaban J connectivity index is 1.83. The number of anilines is 2. The van der Waals surface area contributed by atoms with Crippen LogP contribution in [0.3, 0.4) is 0 Å². The van der Waals surface area contributed by atoms with Crippen LogP contribution in [0, 0.1) is 11.6 Å². The first-order valence-corrected chi connectivity index (χ1v) is 8.52. The summed E-state index contributed by atoms with van der Waals surface area (Å²) >= 11 is 0. The molecule has 0 saturated heterocycles. The van der Waals surface area contributed by atoms with Crippen LogP contribution in [0.15, 0.2) is 83.7 Å². The molecule has 0 saturated carbocycles. The lowest BCUT2D eigenvalue weighted by molar-refractivity contribution is 0.246. The molecule has 0 unspecified atom stereocenters. The van der Waals surface area contributed by atoms with E-state index in [0.717, 1.165) is 18.2 Å². The molecule has 4 aromatic rings. The SMILES string of the molecule is O=C(N(c1ccccc1)c1ccccc1)n1nnn(-c2c(F)cccc2F)c1=O. The Hall–Kier alpha value is -4.14. The maximum Gasteiger partial charge on any atom is 0.377 e. The Morgan fingerprint density at radius 2 is 1.28 bits per heavy atom. The van der Waals surface area contributed by atoms with E-state index in [1.165, 1.54) is 4.90 Å². The Kier molecular flexibility index (Phi) is 4.70. The largest absolute Gasteiger partial charge is 0.377 e. The third-order valence-electron chi connectivity index (χ3n) is 4.13. The Morgan fingerprint density at radius 3 is 1.79 bits per heavy atom. The minimum Gasteiger partial charge on any atom is -0.261 e. The minimum atomic E-state index is -1.10. The van der Waals surface area contributed by atoms with Gasteiger partial charge in [-0.25, -0.2) is 18.4 Å². The summed E-state index contributed by atoms with van der Waals surface area (Å²) in [4.78, 5) is 27.1. The van der Waals surface area contributed by atoms with Crippen LogP contribution in [0.5, 0.6) is 0 Å². The summed E-state index contributed by atoms with van der Waals surface area (Å²) in [6.45, 7) is 0. The summed E-state index contributed by atoms with van der Waals surface area (Å²) in [5, 5.41) is 7.03. The molecule has 0 radical (unpaired) electrons. The van der Waals surface area contributed by atoms with Crippen molar-refractivity contribution in [3.63, 3.8) is 0 Å². The number of para-hydroxylation sites is 3. The van der Waals surface area contributed by atoms with Crippen LogP contribution >= 0.6 is 0 Å². The Bertz CT molecular complexity index is 1160. The van der Waals surface area contributed by atoms with Crippen LogP contribution in [-0.4, -0.2) is 25.8 Å². The van der Waals surface area contributed by atoms with E-state index in [0.29, 0.717) is 20.7 Å². The van der Waals surface area contributed by atoms with Crippen LogP contribution in [0.2, 0.25) is 0 Å². The number of carbonyl (C=O) groups is 1. The molecular formula is C20H13F2N5O2. The highest BCUT2D eigenvalue weighted by atomic mass is 19.1. The average molecular weight is 393 g/mol. The average Bonchev–Trinajstić information content (AvgIpc) is 3.11. The summed E-state index contributed by atoms with van der Waals surface area (Å²) in [7, 11) is 0. The second-order valence-electron chi connectivity index (χ2n) is 5.94. The summed E-state index contributed by atoms with van der Waals surface area (Å²) in [5.74, 6) is -2.01. The third kappa shape index (κ3) is 3.29. The zero-order chi connectivity index (χ0) is 20.4. The maximum absolute atomic E-state index is 14.0. The number of carbonyl (C=O) groups excluding carboxylic acids is 1. The van der Waals surface area contributed by atoms with E-state index < -0.39 is 29.0 Å². The second-order valence-corrected chi connectivity index (χ2v) is 5.94. The molecule has 1 heterocycles. The van der Waals surface area contributed by atoms with Gasteiger partial charge in [0.25, 0.3) is 0 Å². The number of tetrazole rings is 1. The van der Waals surface area contributed by atoms with Crippen molar-refractivity contribution >= 4 is 17.4 Å². The van der Waals surface area contributed by atoms with Crippen molar-refractivity contribution in [3.05, 3.63) is 101 Å². The van der Waals surface area contributed by atoms with Gasteiger partial charge in [0, 0.05) is 0 Å². The number of benzene rings is 3. The highest BCUT2D eigenvalue weighted by Gasteiger charge is 2.26. The van der Waals surface area contributed by atoms with E-state index in [1.807, 2.05) is 0 Å². The van der Waals surface area contributed by atoms with Gasteiger partial charge in [0.1, 0.15) is 5.69 Å². The molecular weight excluding hydrogens is 380 g/mol. The van der Waals surface area contributed by atoms with Gasteiger partial charge in [-0.1, -0.05) is 42.5 Å². The van der Waals surface area contributed by atoms with Crippen LogP contribution in [-0.2, 0) is 0 Å². The number of halogens is 2. The highest BCUT2D eigenvalue weighted by molar-refractivity contribution is 6.00. The van der Waals surface area contributed by atoms with E-state index >= 15 is 0 Å². The number of hydrogen-bond donors (Lipinski definition) is 0. The predicted octanol–water partition coefficient (Wildman–Crippen LogP) is 3.51. The molecule has 0 aliphatic heterocycles. The van der Waals surface area contributed by atoms with Gasteiger partial charge in [0.15, 0.2) is 11.6 Å². The predicted molar refractivity (Wildman–Crippen MR) is 101 cm³/mol. The lowest BCUT2D eigenvalue weighted by Gasteiger charge is -2.21. The van der Waals surface area contributed by atoms with Crippen molar-refractivity contribution in [1.82, 2.24) is 19.8 Å². The molecule has 0 fully saturated rings. The lowest BCUT2D eigenvalue weighted by atomic mass is 10.2. The molecule has 0 bridgehead atoms. The van der Waals surface area contributed by atoms with Crippen molar-refractivity contribution in [3.8, 4) is 5.69 Å². The molecule has 4 rings (SSSR count). The lowest BCUT2D eigenvalue weighted by Crippen LogP contribution is -2.38. The Labute approximate surface area is 163 Å². The molecule has 0 aliphatic rings. The first kappa shape index (κ1) is 18.2. The second kappa shape index (κ2) is 7.47. The van der Waals surface area contributed by atoms with Crippen LogP contribution in [0.25, 0.3) is 5.69 Å². The molecule has 0 atom stereocenters. The fourth-order valence-corrected chi connectivity index (χ4v) is 2.82. The fourth-order valence-electron chi connectivity index (χ4n) is 2.82. The van der Waals surface area contributed by atoms with E-state index in [1.54, 1.807) is 60.7 Å². The first-order valence-electron chi connectivity index (χ1n) is 8.52. The number of hydrogen-bond acceptors (Lipinski definition) is 4. The summed E-state index contributed by atoms with van der Waals surface area (Å²) in [6.07, 6.45) is 0.